The Kier molecular flexibility index (Phi) is 4.48. The van der Waals surface area contributed by atoms with E-state index in [0.29, 0.717) is 0 Å². The van der Waals surface area contributed by atoms with Crippen LogP contribution in [0.5, 0.6) is 11.5 Å². The summed E-state index contributed by atoms with van der Waals surface area (Å²) in [7, 11) is 0. The van der Waals surface area contributed by atoms with Crippen molar-refractivity contribution in [1.82, 2.24) is 0 Å². The number of hydrogen-bond acceptors (Lipinski definition) is 2. The Balaban J connectivity index is 1.24. The van der Waals surface area contributed by atoms with Crippen LogP contribution >= 0.6 is 0 Å². The van der Waals surface area contributed by atoms with Crippen molar-refractivity contribution in [3.63, 3.8) is 0 Å². The number of hydrogen-bond donors (Lipinski definition) is 0. The second-order valence-corrected chi connectivity index (χ2v) is 10.8. The highest BCUT2D eigenvalue weighted by Gasteiger charge is 2.24. The number of rotatable bonds is 2. The molecule has 2 heteroatoms. The maximum absolute atomic E-state index is 6.59. The number of fused-ring (bicyclic) bond motifs is 7. The van der Waals surface area contributed by atoms with Gasteiger partial charge in [-0.15, -0.1) is 0 Å². The lowest BCUT2D eigenvalue weighted by Crippen LogP contribution is -1.99. The highest BCUT2D eigenvalue weighted by atomic mass is 16.5. The molecular weight excluding hydrogens is 488 g/mol. The van der Waals surface area contributed by atoms with Gasteiger partial charge in [0.15, 0.2) is 0 Å². The number of allylic oxidation sites excluding steroid dienone is 4. The lowest BCUT2D eigenvalue weighted by molar-refractivity contribution is 0.487. The summed E-state index contributed by atoms with van der Waals surface area (Å²) in [5.41, 5.74) is 9.00. The van der Waals surface area contributed by atoms with Crippen LogP contribution in [0.3, 0.4) is 0 Å². The molecule has 2 nitrogen and oxygen atoms in total. The van der Waals surface area contributed by atoms with Crippen LogP contribution in [0.4, 0.5) is 0 Å². The van der Waals surface area contributed by atoms with Crippen molar-refractivity contribution in [2.45, 2.75) is 12.8 Å². The molecule has 0 radical (unpaired) electrons. The van der Waals surface area contributed by atoms with Crippen molar-refractivity contribution < 1.29 is 9.15 Å². The third-order valence-corrected chi connectivity index (χ3v) is 8.52. The molecule has 9 rings (SSSR count). The van der Waals surface area contributed by atoms with E-state index in [2.05, 4.69) is 121 Å². The van der Waals surface area contributed by atoms with E-state index in [1.54, 1.807) is 0 Å². The first-order chi connectivity index (χ1) is 19.8. The maximum atomic E-state index is 6.59. The fourth-order valence-corrected chi connectivity index (χ4v) is 6.55. The van der Waals surface area contributed by atoms with Crippen LogP contribution in [0.15, 0.2) is 126 Å². The molecule has 7 aromatic rings. The lowest BCUT2D eigenvalue weighted by Gasteiger charge is -2.22. The van der Waals surface area contributed by atoms with Crippen molar-refractivity contribution in [3.05, 3.63) is 127 Å². The quantitative estimate of drug-likeness (QED) is 0.230. The molecule has 188 valence electrons. The molecule has 6 aromatic carbocycles. The molecule has 0 fully saturated rings. The van der Waals surface area contributed by atoms with Crippen molar-refractivity contribution in [3.8, 4) is 33.8 Å². The zero-order chi connectivity index (χ0) is 26.2. The van der Waals surface area contributed by atoms with Crippen LogP contribution in [0.25, 0.3) is 71.3 Å². The number of benzene rings is 6. The molecule has 1 aliphatic carbocycles. The topological polar surface area (TPSA) is 22.4 Å². The monoisotopic (exact) mass is 512 g/mol. The van der Waals surface area contributed by atoms with Crippen molar-refractivity contribution in [2.75, 3.05) is 0 Å². The van der Waals surface area contributed by atoms with Gasteiger partial charge in [0.1, 0.15) is 22.7 Å². The first-order valence-corrected chi connectivity index (χ1v) is 13.9. The third kappa shape index (κ3) is 3.17. The Hall–Kier alpha value is -5.08. The van der Waals surface area contributed by atoms with Gasteiger partial charge < -0.3 is 9.15 Å². The molecule has 1 aromatic heterocycles. The summed E-state index contributed by atoms with van der Waals surface area (Å²) in [5, 5.41) is 7.07. The Bertz CT molecular complexity index is 2240. The maximum Gasteiger partial charge on any atom is 0.136 e. The smallest absolute Gasteiger partial charge is 0.136 e. The normalized spacial score (nSPS) is 14.1. The Morgan fingerprint density at radius 1 is 0.550 bits per heavy atom. The zero-order valence-corrected chi connectivity index (χ0v) is 21.8. The van der Waals surface area contributed by atoms with Gasteiger partial charge in [-0.05, 0) is 93.7 Å². The van der Waals surface area contributed by atoms with Gasteiger partial charge in [0.25, 0.3) is 0 Å². The first-order valence-electron chi connectivity index (χ1n) is 13.9. The van der Waals surface area contributed by atoms with Crippen molar-refractivity contribution in [2.24, 2.45) is 0 Å². The summed E-state index contributed by atoms with van der Waals surface area (Å²) < 4.78 is 13.1. The van der Waals surface area contributed by atoms with E-state index in [1.807, 2.05) is 0 Å². The van der Waals surface area contributed by atoms with Crippen molar-refractivity contribution in [1.29, 1.82) is 0 Å². The summed E-state index contributed by atoms with van der Waals surface area (Å²) in [6, 6.07) is 36.9. The van der Waals surface area contributed by atoms with Crippen LogP contribution < -0.4 is 4.74 Å². The minimum atomic E-state index is 0.900. The Morgan fingerprint density at radius 3 is 2.35 bits per heavy atom. The van der Waals surface area contributed by atoms with Gasteiger partial charge in [0.2, 0.25) is 0 Å². The molecule has 0 amide bonds. The minimum absolute atomic E-state index is 0.900. The average molecular weight is 513 g/mol. The standard InChI is InChI=1S/C38H24O2/c1-2-7-23(8-3-1)27-15-17-29-32-22-36-37(31-11-6-12-33(38(31)32)39-34(29)20-27)30-18-16-28(21-35(30)40-36)26-14-13-24-9-4-5-10-25(24)19-26/h1-2,4-7,9-22H,3,8H2. The molecule has 2 aliphatic rings. The van der Waals surface area contributed by atoms with Gasteiger partial charge >= 0.3 is 0 Å². The van der Waals surface area contributed by atoms with E-state index in [-0.39, 0.29) is 0 Å². The van der Waals surface area contributed by atoms with Crippen LogP contribution in [0.1, 0.15) is 18.4 Å². The van der Waals surface area contributed by atoms with Crippen LogP contribution in [-0.4, -0.2) is 0 Å². The van der Waals surface area contributed by atoms with Gasteiger partial charge in [0.05, 0.1) is 0 Å². The van der Waals surface area contributed by atoms with E-state index in [1.165, 1.54) is 27.5 Å². The Labute approximate surface area is 231 Å². The molecule has 0 N–H and O–H groups in total. The van der Waals surface area contributed by atoms with Gasteiger partial charge in [-0.25, -0.2) is 0 Å². The van der Waals surface area contributed by atoms with E-state index in [4.69, 9.17) is 9.15 Å². The van der Waals surface area contributed by atoms with E-state index >= 15 is 0 Å². The summed E-state index contributed by atoms with van der Waals surface area (Å²) >= 11 is 0. The number of ether oxygens (including phenoxy) is 1. The minimum Gasteiger partial charge on any atom is -0.456 e. The SMILES string of the molecule is C1=CCCC(c2ccc3c(c2)Oc2cccc4c2c-3cc2oc3cc(-c5ccc6ccccc6c5)ccc3c24)=C1. The second-order valence-electron chi connectivity index (χ2n) is 10.8. The van der Waals surface area contributed by atoms with E-state index < -0.39 is 0 Å². The number of furan rings is 1. The van der Waals surface area contributed by atoms with Crippen molar-refractivity contribution >= 4 is 49.1 Å². The zero-order valence-electron chi connectivity index (χ0n) is 21.8. The summed E-state index contributed by atoms with van der Waals surface area (Å²) in [4.78, 5) is 0. The van der Waals surface area contributed by atoms with Gasteiger partial charge in [0, 0.05) is 27.3 Å². The first kappa shape index (κ1) is 21.8. The summed E-state index contributed by atoms with van der Waals surface area (Å²) in [5.74, 6) is 1.81. The molecule has 0 unspecified atom stereocenters. The molecule has 0 saturated carbocycles. The summed E-state index contributed by atoms with van der Waals surface area (Å²) in [6.45, 7) is 0. The molecule has 0 bridgehead atoms. The van der Waals surface area contributed by atoms with E-state index in [9.17, 15) is 0 Å². The van der Waals surface area contributed by atoms with E-state index in [0.717, 1.165) is 73.7 Å². The fourth-order valence-electron chi connectivity index (χ4n) is 6.55. The highest BCUT2D eigenvalue weighted by molar-refractivity contribution is 6.24. The molecule has 0 spiro atoms. The average Bonchev–Trinajstić information content (AvgIpc) is 3.39. The van der Waals surface area contributed by atoms with Crippen LogP contribution in [0, 0.1) is 0 Å². The molecule has 40 heavy (non-hydrogen) atoms. The van der Waals surface area contributed by atoms with Gasteiger partial charge in [-0.3, -0.25) is 0 Å². The van der Waals surface area contributed by atoms with Gasteiger partial charge in [-0.1, -0.05) is 78.9 Å². The molecular formula is C38H24O2. The predicted molar refractivity (Wildman–Crippen MR) is 166 cm³/mol. The summed E-state index contributed by atoms with van der Waals surface area (Å²) in [6.07, 6.45) is 8.73. The predicted octanol–water partition coefficient (Wildman–Crippen LogP) is 11.1. The fraction of sp³-hybridized carbons (Fsp3) is 0.0526. The van der Waals surface area contributed by atoms with Crippen LogP contribution in [0.2, 0.25) is 0 Å². The molecule has 0 saturated heterocycles. The van der Waals surface area contributed by atoms with Gasteiger partial charge in [-0.2, -0.15) is 0 Å². The highest BCUT2D eigenvalue weighted by Crippen LogP contribution is 2.51. The third-order valence-electron chi connectivity index (χ3n) is 8.52. The lowest BCUT2D eigenvalue weighted by atomic mass is 9.90. The second kappa shape index (κ2) is 8.21. The van der Waals surface area contributed by atoms with Crippen LogP contribution in [-0.2, 0) is 0 Å². The molecule has 0 atom stereocenters. The molecule has 2 heterocycles. The largest absolute Gasteiger partial charge is 0.456 e. The Morgan fingerprint density at radius 2 is 1.43 bits per heavy atom. The molecule has 1 aliphatic heterocycles.